The third-order valence-electron chi connectivity index (χ3n) is 6.52. The summed E-state index contributed by atoms with van der Waals surface area (Å²) in [7, 11) is -1.28. The van der Waals surface area contributed by atoms with Gasteiger partial charge in [-0.05, 0) is 33.7 Å². The predicted molar refractivity (Wildman–Crippen MR) is 130 cm³/mol. The number of fused-ring (bicyclic) bond motifs is 3. The van der Waals surface area contributed by atoms with Crippen molar-refractivity contribution in [2.45, 2.75) is 62.7 Å². The van der Waals surface area contributed by atoms with Crippen molar-refractivity contribution in [2.24, 2.45) is 0 Å². The maximum Gasteiger partial charge on any atom is 0.186 e. The molecule has 2 heterocycles. The summed E-state index contributed by atoms with van der Waals surface area (Å²) in [4.78, 5) is 0. The van der Waals surface area contributed by atoms with Crippen molar-refractivity contribution in [2.75, 3.05) is 13.2 Å². The Morgan fingerprint density at radius 2 is 1.55 bits per heavy atom. The van der Waals surface area contributed by atoms with Gasteiger partial charge in [-0.1, -0.05) is 68.2 Å². The van der Waals surface area contributed by atoms with Crippen molar-refractivity contribution in [3.8, 4) is 0 Å². The maximum atomic E-state index is 10.9. The number of aliphatic hydroxyl groups is 2. The van der Waals surface area contributed by atoms with Gasteiger partial charge in [0, 0.05) is 20.2 Å². The minimum absolute atomic E-state index is 0.241. The maximum absolute atomic E-state index is 10.9. The molecule has 0 bridgehead atoms. The Labute approximate surface area is 195 Å². The molecule has 0 saturated carbocycles. The largest absolute Gasteiger partial charge is 0.387 e. The lowest BCUT2D eigenvalue weighted by Gasteiger charge is -2.46. The molecule has 176 valence electrons. The van der Waals surface area contributed by atoms with E-state index in [-0.39, 0.29) is 6.61 Å². The van der Waals surface area contributed by atoms with E-state index in [9.17, 15) is 10.2 Å². The van der Waals surface area contributed by atoms with E-state index >= 15 is 0 Å². The molecule has 6 nitrogen and oxygen atoms in total. The van der Waals surface area contributed by atoms with Gasteiger partial charge >= 0.3 is 0 Å². The molecule has 0 amide bonds. The zero-order valence-corrected chi connectivity index (χ0v) is 20.3. The fourth-order valence-electron chi connectivity index (χ4n) is 4.65. The molecule has 33 heavy (non-hydrogen) atoms. The molecule has 2 N–H and O–H groups in total. The molecular weight excluding hydrogens is 436 g/mol. The van der Waals surface area contributed by atoms with Gasteiger partial charge in [0.25, 0.3) is 0 Å². The minimum atomic E-state index is -1.28. The van der Waals surface area contributed by atoms with Crippen molar-refractivity contribution < 1.29 is 29.2 Å². The Morgan fingerprint density at radius 1 is 0.909 bits per heavy atom. The Hall–Kier alpha value is -1.84. The smallest absolute Gasteiger partial charge is 0.186 e. The van der Waals surface area contributed by atoms with Gasteiger partial charge in [0.1, 0.15) is 24.4 Å². The molecule has 2 saturated heterocycles. The number of ether oxygens (including phenoxy) is 4. The van der Waals surface area contributed by atoms with E-state index in [0.717, 1.165) is 33.2 Å². The van der Waals surface area contributed by atoms with Crippen LogP contribution < -0.4 is 0 Å². The van der Waals surface area contributed by atoms with Crippen LogP contribution >= 0.6 is 0 Å². The lowest BCUT2D eigenvalue weighted by atomic mass is 9.94. The van der Waals surface area contributed by atoms with Crippen LogP contribution in [-0.4, -0.2) is 62.2 Å². The molecule has 0 spiro atoms. The molecular formula is C26H32O6Si. The highest BCUT2D eigenvalue weighted by Crippen LogP contribution is 2.40. The Kier molecular flexibility index (Phi) is 6.30. The second kappa shape index (κ2) is 9.07. The third kappa shape index (κ3) is 4.59. The summed E-state index contributed by atoms with van der Waals surface area (Å²) in [6.45, 7) is 7.52. The van der Waals surface area contributed by atoms with Crippen molar-refractivity contribution >= 4 is 29.6 Å². The Morgan fingerprint density at radius 3 is 2.18 bits per heavy atom. The molecule has 7 heteroatoms. The molecule has 3 aromatic carbocycles. The first kappa shape index (κ1) is 22.9. The number of benzene rings is 3. The predicted octanol–water partition coefficient (Wildman–Crippen LogP) is 4.21. The second-order valence-corrected chi connectivity index (χ2v) is 15.8. The molecule has 2 aliphatic rings. The monoisotopic (exact) mass is 468 g/mol. The van der Waals surface area contributed by atoms with Crippen molar-refractivity contribution in [1.82, 2.24) is 0 Å². The van der Waals surface area contributed by atoms with Gasteiger partial charge in [-0.25, -0.2) is 0 Å². The van der Waals surface area contributed by atoms with Gasteiger partial charge < -0.3 is 29.2 Å². The first-order valence-electron chi connectivity index (χ1n) is 11.6. The summed E-state index contributed by atoms with van der Waals surface area (Å²) in [6, 6.07) is 19.4. The van der Waals surface area contributed by atoms with Crippen LogP contribution in [0.25, 0.3) is 21.5 Å². The quantitative estimate of drug-likeness (QED) is 0.432. The zero-order valence-electron chi connectivity index (χ0n) is 19.3. The number of hydrogen-bond acceptors (Lipinski definition) is 6. The molecule has 2 fully saturated rings. The molecule has 0 radical (unpaired) electrons. The lowest BCUT2D eigenvalue weighted by Crippen LogP contribution is -2.62. The summed E-state index contributed by atoms with van der Waals surface area (Å²) in [6.07, 6.45) is -5.12. The SMILES string of the molecule is C[Si](C)(C)CCO[C@@H]1O[C@@H]2COC(c3c4ccccc4cc4ccccc34)O[C@H]2[C@H](O)[C@H]1O. The lowest BCUT2D eigenvalue weighted by molar-refractivity contribution is -0.360. The highest BCUT2D eigenvalue weighted by atomic mass is 28.3. The molecule has 2 aliphatic heterocycles. The van der Waals surface area contributed by atoms with E-state index in [2.05, 4.69) is 50.0 Å². The third-order valence-corrected chi connectivity index (χ3v) is 8.22. The summed E-state index contributed by atoms with van der Waals surface area (Å²) in [5.41, 5.74) is 0.928. The van der Waals surface area contributed by atoms with Crippen LogP contribution in [0, 0.1) is 0 Å². The summed E-state index contributed by atoms with van der Waals surface area (Å²) >= 11 is 0. The van der Waals surface area contributed by atoms with Gasteiger partial charge in [0.05, 0.1) is 6.61 Å². The molecule has 0 aliphatic carbocycles. The van der Waals surface area contributed by atoms with E-state index < -0.39 is 45.1 Å². The van der Waals surface area contributed by atoms with Crippen molar-refractivity contribution in [3.05, 3.63) is 60.2 Å². The van der Waals surface area contributed by atoms with Crippen molar-refractivity contribution in [3.63, 3.8) is 0 Å². The van der Waals surface area contributed by atoms with Gasteiger partial charge in [0.2, 0.25) is 0 Å². The normalized spacial score (nSPS) is 30.5. The summed E-state index contributed by atoms with van der Waals surface area (Å²) in [5, 5.41) is 25.9. The van der Waals surface area contributed by atoms with E-state index in [4.69, 9.17) is 18.9 Å². The molecule has 0 aromatic heterocycles. The molecule has 6 atom stereocenters. The van der Waals surface area contributed by atoms with Crippen molar-refractivity contribution in [1.29, 1.82) is 0 Å². The van der Waals surface area contributed by atoms with E-state index in [1.54, 1.807) is 0 Å². The Balaban J connectivity index is 1.39. The standard InChI is InChI=1S/C26H32O6Si/c1-33(2,3)13-12-29-26-23(28)22(27)24-20(31-26)15-30-25(32-24)21-18-10-6-4-8-16(18)14-17-9-5-7-11-19(17)21/h4-11,14,20,22-28H,12-13,15H2,1-3H3/t20-,22-,23-,24-,25?,26-/m1/s1. The fraction of sp³-hybridized carbons (Fsp3) is 0.462. The number of aliphatic hydroxyl groups excluding tert-OH is 2. The minimum Gasteiger partial charge on any atom is -0.387 e. The highest BCUT2D eigenvalue weighted by Gasteiger charge is 2.49. The first-order chi connectivity index (χ1) is 15.8. The van der Waals surface area contributed by atoms with Gasteiger partial charge in [-0.3, -0.25) is 0 Å². The highest BCUT2D eigenvalue weighted by molar-refractivity contribution is 6.76. The number of rotatable bonds is 5. The molecule has 3 aromatic rings. The van der Waals surface area contributed by atoms with Gasteiger partial charge in [-0.2, -0.15) is 0 Å². The number of hydrogen-bond donors (Lipinski definition) is 2. The molecule has 5 rings (SSSR count). The van der Waals surface area contributed by atoms with Crippen LogP contribution in [-0.2, 0) is 18.9 Å². The summed E-state index contributed by atoms with van der Waals surface area (Å²) < 4.78 is 24.2. The van der Waals surface area contributed by atoms with E-state index in [1.165, 1.54) is 0 Å². The average Bonchev–Trinajstić information content (AvgIpc) is 2.80. The van der Waals surface area contributed by atoms with Crippen LogP contribution in [0.3, 0.4) is 0 Å². The average molecular weight is 469 g/mol. The fourth-order valence-corrected chi connectivity index (χ4v) is 5.38. The topological polar surface area (TPSA) is 77.4 Å². The second-order valence-electron chi connectivity index (χ2n) is 10.2. The first-order valence-corrected chi connectivity index (χ1v) is 15.3. The van der Waals surface area contributed by atoms with Gasteiger partial charge in [0.15, 0.2) is 12.6 Å². The van der Waals surface area contributed by atoms with Crippen LogP contribution in [0.4, 0.5) is 0 Å². The van der Waals surface area contributed by atoms with Crippen LogP contribution in [0.5, 0.6) is 0 Å². The van der Waals surface area contributed by atoms with Crippen LogP contribution in [0.15, 0.2) is 54.6 Å². The molecule has 1 unspecified atom stereocenters. The van der Waals surface area contributed by atoms with Crippen LogP contribution in [0.1, 0.15) is 11.9 Å². The summed E-state index contributed by atoms with van der Waals surface area (Å²) in [5.74, 6) is 0. The van der Waals surface area contributed by atoms with E-state index in [0.29, 0.717) is 6.61 Å². The van der Waals surface area contributed by atoms with Gasteiger partial charge in [-0.15, -0.1) is 0 Å². The zero-order chi connectivity index (χ0) is 23.2. The van der Waals surface area contributed by atoms with E-state index in [1.807, 2.05) is 24.3 Å². The Bertz CT molecular complexity index is 1070. The van der Waals surface area contributed by atoms with Crippen LogP contribution in [0.2, 0.25) is 25.7 Å².